The van der Waals surface area contributed by atoms with Gasteiger partial charge in [0.05, 0.1) is 6.61 Å². The van der Waals surface area contributed by atoms with Gasteiger partial charge in [-0.3, -0.25) is 4.98 Å². The molecule has 3 nitrogen and oxygen atoms in total. The predicted octanol–water partition coefficient (Wildman–Crippen LogP) is 2.58. The largest absolute Gasteiger partial charge is 0.412 e. The number of pyridine rings is 1. The second-order valence-corrected chi connectivity index (χ2v) is 4.54. The zero-order valence-corrected chi connectivity index (χ0v) is 10.5. The van der Waals surface area contributed by atoms with Gasteiger partial charge in [0, 0.05) is 41.8 Å². The molecule has 0 aliphatic carbocycles. The highest BCUT2D eigenvalue weighted by Gasteiger charge is 2.34. The van der Waals surface area contributed by atoms with Crippen LogP contribution in [-0.2, 0) is 6.61 Å². The van der Waals surface area contributed by atoms with E-state index in [1.165, 1.54) is 6.08 Å². The summed E-state index contributed by atoms with van der Waals surface area (Å²) in [5.41, 5.74) is 1.69. The Morgan fingerprint density at radius 1 is 1.42 bits per heavy atom. The number of aryl methyl sites for hydroxylation is 1. The van der Waals surface area contributed by atoms with E-state index in [2.05, 4.69) is 4.98 Å². The number of alkyl halides is 3. The number of aromatic nitrogens is 1. The predicted molar refractivity (Wildman–Crippen MR) is 65.9 cm³/mol. The lowest BCUT2D eigenvalue weighted by atomic mass is 10.1. The summed E-state index contributed by atoms with van der Waals surface area (Å²) in [6.45, 7) is 2.13. The van der Waals surface area contributed by atoms with Crippen molar-refractivity contribution in [1.82, 2.24) is 4.98 Å². The summed E-state index contributed by atoms with van der Waals surface area (Å²) >= 11 is 0. The highest BCUT2D eigenvalue weighted by Crippen LogP contribution is 2.32. The van der Waals surface area contributed by atoms with Gasteiger partial charge in [-0.15, -0.1) is 0 Å². The molecule has 19 heavy (non-hydrogen) atoms. The van der Waals surface area contributed by atoms with Gasteiger partial charge in [-0.1, -0.05) is 6.08 Å². The maximum Gasteiger partial charge on any atom is 0.412 e. The van der Waals surface area contributed by atoms with E-state index in [0.29, 0.717) is 12.1 Å². The first-order valence-corrected chi connectivity index (χ1v) is 5.99. The van der Waals surface area contributed by atoms with Gasteiger partial charge in [0.2, 0.25) is 0 Å². The van der Waals surface area contributed by atoms with Gasteiger partial charge in [0.1, 0.15) is 0 Å². The van der Waals surface area contributed by atoms with Gasteiger partial charge < -0.3 is 10.0 Å². The van der Waals surface area contributed by atoms with Gasteiger partial charge in [-0.25, -0.2) is 0 Å². The fourth-order valence-corrected chi connectivity index (χ4v) is 2.14. The molecule has 0 fully saturated rings. The van der Waals surface area contributed by atoms with Crippen LogP contribution in [-0.4, -0.2) is 29.4 Å². The van der Waals surface area contributed by atoms with Crippen LogP contribution in [0.4, 0.5) is 18.9 Å². The van der Waals surface area contributed by atoms with E-state index in [9.17, 15) is 18.3 Å². The molecule has 6 heteroatoms. The molecule has 104 valence electrons. The third kappa shape index (κ3) is 3.07. The zero-order valence-electron chi connectivity index (χ0n) is 10.5. The second-order valence-electron chi connectivity index (χ2n) is 4.54. The Morgan fingerprint density at radius 3 is 2.68 bits per heavy atom. The summed E-state index contributed by atoms with van der Waals surface area (Å²) in [6, 6.07) is 1.79. The van der Waals surface area contributed by atoms with Crippen molar-refractivity contribution in [2.45, 2.75) is 26.1 Å². The standard InChI is InChI=1S/C13H15F3N2O/c1-9-6-12(10(8-19)7-17-9)18-4-2-11(3-5-18)13(14,15)16/h2,6-7,19H,3-5,8H2,1H3. The molecule has 0 spiro atoms. The van der Waals surface area contributed by atoms with Gasteiger partial charge >= 0.3 is 6.18 Å². The fraction of sp³-hybridized carbons (Fsp3) is 0.462. The number of aliphatic hydroxyl groups is 1. The monoisotopic (exact) mass is 272 g/mol. The molecule has 0 atom stereocenters. The van der Waals surface area contributed by atoms with Gasteiger partial charge in [0.25, 0.3) is 0 Å². The lowest BCUT2D eigenvalue weighted by molar-refractivity contribution is -0.0944. The number of hydrogen-bond donors (Lipinski definition) is 1. The SMILES string of the molecule is Cc1cc(N2CC=C(C(F)(F)F)CC2)c(CO)cn1. The van der Waals surface area contributed by atoms with Crippen molar-refractivity contribution in [3.05, 3.63) is 35.2 Å². The Kier molecular flexibility index (Phi) is 3.80. The highest BCUT2D eigenvalue weighted by molar-refractivity contribution is 5.54. The number of nitrogens with zero attached hydrogens (tertiary/aromatic N) is 2. The molecular formula is C13H15F3N2O. The summed E-state index contributed by atoms with van der Waals surface area (Å²) in [5, 5.41) is 9.26. The summed E-state index contributed by atoms with van der Waals surface area (Å²) in [7, 11) is 0. The quantitative estimate of drug-likeness (QED) is 0.841. The van der Waals surface area contributed by atoms with Gasteiger partial charge in [0.15, 0.2) is 0 Å². The number of anilines is 1. The van der Waals surface area contributed by atoms with E-state index < -0.39 is 11.7 Å². The average molecular weight is 272 g/mol. The van der Waals surface area contributed by atoms with Crippen LogP contribution in [0.1, 0.15) is 17.7 Å². The fourth-order valence-electron chi connectivity index (χ4n) is 2.14. The van der Waals surface area contributed by atoms with Crippen LogP contribution in [0.5, 0.6) is 0 Å². The Morgan fingerprint density at radius 2 is 2.16 bits per heavy atom. The van der Waals surface area contributed by atoms with Crippen LogP contribution < -0.4 is 4.90 Å². The number of aliphatic hydroxyl groups excluding tert-OH is 1. The lowest BCUT2D eigenvalue weighted by Gasteiger charge is -2.30. The first-order valence-electron chi connectivity index (χ1n) is 5.99. The average Bonchev–Trinajstić information content (AvgIpc) is 2.38. The molecule has 0 unspecified atom stereocenters. The molecule has 1 aliphatic rings. The number of rotatable bonds is 2. The Labute approximate surface area is 109 Å². The topological polar surface area (TPSA) is 36.4 Å². The molecule has 1 aromatic heterocycles. The van der Waals surface area contributed by atoms with E-state index in [-0.39, 0.29) is 19.6 Å². The third-order valence-corrected chi connectivity index (χ3v) is 3.18. The zero-order chi connectivity index (χ0) is 14.0. The molecule has 0 bridgehead atoms. The molecular weight excluding hydrogens is 257 g/mol. The van der Waals surface area contributed by atoms with Crippen LogP contribution >= 0.6 is 0 Å². The molecule has 0 amide bonds. The number of halogens is 3. The molecule has 0 saturated carbocycles. The van der Waals surface area contributed by atoms with Gasteiger partial charge in [-0.05, 0) is 19.4 Å². The van der Waals surface area contributed by atoms with Crippen molar-refractivity contribution < 1.29 is 18.3 Å². The van der Waals surface area contributed by atoms with Crippen molar-refractivity contribution in [3.8, 4) is 0 Å². The molecule has 0 saturated heterocycles. The molecule has 0 radical (unpaired) electrons. The highest BCUT2D eigenvalue weighted by atomic mass is 19.4. The summed E-state index contributed by atoms with van der Waals surface area (Å²) in [4.78, 5) is 5.91. The van der Waals surface area contributed by atoms with Crippen molar-refractivity contribution in [1.29, 1.82) is 0 Å². The summed E-state index contributed by atoms with van der Waals surface area (Å²) in [6.07, 6.45) is -1.50. The van der Waals surface area contributed by atoms with E-state index in [1.807, 2.05) is 11.8 Å². The summed E-state index contributed by atoms with van der Waals surface area (Å²) < 4.78 is 37.6. The van der Waals surface area contributed by atoms with Crippen molar-refractivity contribution in [2.75, 3.05) is 18.0 Å². The Balaban J connectivity index is 2.22. The second kappa shape index (κ2) is 5.21. The molecule has 1 aromatic rings. The van der Waals surface area contributed by atoms with Crippen LogP contribution in [0.3, 0.4) is 0 Å². The van der Waals surface area contributed by atoms with E-state index in [4.69, 9.17) is 0 Å². The first-order chi connectivity index (χ1) is 8.91. The van der Waals surface area contributed by atoms with Crippen LogP contribution in [0.15, 0.2) is 23.9 Å². The molecule has 1 aliphatic heterocycles. The normalized spacial score (nSPS) is 16.5. The number of hydrogen-bond acceptors (Lipinski definition) is 3. The van der Waals surface area contributed by atoms with Crippen LogP contribution in [0, 0.1) is 6.92 Å². The maximum absolute atomic E-state index is 12.5. The van der Waals surface area contributed by atoms with E-state index >= 15 is 0 Å². The van der Waals surface area contributed by atoms with Crippen LogP contribution in [0.25, 0.3) is 0 Å². The molecule has 2 heterocycles. The van der Waals surface area contributed by atoms with E-state index in [1.54, 1.807) is 12.3 Å². The van der Waals surface area contributed by atoms with E-state index in [0.717, 1.165) is 11.4 Å². The summed E-state index contributed by atoms with van der Waals surface area (Å²) in [5.74, 6) is 0. The lowest BCUT2D eigenvalue weighted by Crippen LogP contribution is -2.32. The van der Waals surface area contributed by atoms with Crippen molar-refractivity contribution >= 4 is 5.69 Å². The maximum atomic E-state index is 12.5. The van der Waals surface area contributed by atoms with Crippen molar-refractivity contribution in [3.63, 3.8) is 0 Å². The van der Waals surface area contributed by atoms with Crippen LogP contribution in [0.2, 0.25) is 0 Å². The minimum atomic E-state index is -4.24. The molecule has 0 aromatic carbocycles. The smallest absolute Gasteiger partial charge is 0.392 e. The minimum Gasteiger partial charge on any atom is -0.392 e. The third-order valence-electron chi connectivity index (χ3n) is 3.18. The molecule has 2 rings (SSSR count). The molecule has 1 N–H and O–H groups in total. The minimum absolute atomic E-state index is 0.0320. The Hall–Kier alpha value is -1.56. The van der Waals surface area contributed by atoms with Gasteiger partial charge in [-0.2, -0.15) is 13.2 Å². The first kappa shape index (κ1) is 13.9. The van der Waals surface area contributed by atoms with Crippen molar-refractivity contribution in [2.24, 2.45) is 0 Å². The Bertz CT molecular complexity index is 497.